The molecule has 20 nitrogen and oxygen atoms in total. The fraction of sp³-hybridized carbons (Fsp3) is 0.153. The minimum atomic E-state index is -1.20. The summed E-state index contributed by atoms with van der Waals surface area (Å²) in [5, 5.41) is 18.6. The number of hydrogen-bond donors (Lipinski definition) is 5. The van der Waals surface area contributed by atoms with Gasteiger partial charge in [0.15, 0.2) is 0 Å². The number of carbonyl (C=O) groups is 2. The molecule has 0 saturated heterocycles. The molecule has 0 aliphatic heterocycles. The molecule has 79 heavy (non-hydrogen) atoms. The molecule has 0 aliphatic carbocycles. The van der Waals surface area contributed by atoms with Crippen molar-refractivity contribution in [1.82, 2.24) is 43.9 Å². The third-order valence-corrected chi connectivity index (χ3v) is 13.2. The maximum Gasteiger partial charge on any atom is 0.341 e. The van der Waals surface area contributed by atoms with Crippen molar-refractivity contribution in [2.75, 3.05) is 49.9 Å². The standard InChI is InChI=1S/C31H31N7O3.C28H24N6O4/c1-5-37(3)29(39)24-18-34-31(32)36-28(24)35-19(2)25-16-21-10-9-13-23(20-14-15-33-26(17-20)41-4)27(21)30(40)38(25)22-11-7-6-8-12-22;1-16(32-25-21(27(36)37)15-31-28(29)33-25)22-13-18-7-6-10-20(17-11-12-30-23(14-17)38-2)24(18)26(35)34(22)19-8-4-3-5-9-19/h6-19H,5H2,1-4H3,(H3,32,34,35,36);3-16H,1-2H3,(H,36,37)(H3,29,31,32,33)/t19-;16-/m00/s1. The molecule has 0 aliphatic rings. The Morgan fingerprint density at radius 1 is 0.608 bits per heavy atom. The number of carbonyl (C=O) groups excluding carboxylic acids is 1. The molecule has 7 N–H and O–H groups in total. The van der Waals surface area contributed by atoms with Crippen LogP contribution in [0.2, 0.25) is 0 Å². The summed E-state index contributed by atoms with van der Waals surface area (Å²) < 4.78 is 13.9. The number of ether oxygens (including phenoxy) is 2. The minimum Gasteiger partial charge on any atom is -0.481 e. The van der Waals surface area contributed by atoms with Crippen LogP contribution >= 0.6 is 0 Å². The number of pyridine rings is 4. The van der Waals surface area contributed by atoms with Crippen molar-refractivity contribution in [3.63, 3.8) is 0 Å². The van der Waals surface area contributed by atoms with Gasteiger partial charge in [0.25, 0.3) is 17.0 Å². The fourth-order valence-corrected chi connectivity index (χ4v) is 9.18. The third-order valence-electron chi connectivity index (χ3n) is 13.2. The van der Waals surface area contributed by atoms with Crippen LogP contribution in [0.5, 0.6) is 11.8 Å². The summed E-state index contributed by atoms with van der Waals surface area (Å²) in [6.45, 7) is 6.13. The number of carboxylic acids is 1. The van der Waals surface area contributed by atoms with Gasteiger partial charge in [-0.2, -0.15) is 9.97 Å². The van der Waals surface area contributed by atoms with Crippen LogP contribution in [0, 0.1) is 0 Å². The number of carboxylic acid groups (broad SMARTS) is 1. The number of anilines is 4. The first-order valence-corrected chi connectivity index (χ1v) is 24.9. The highest BCUT2D eigenvalue weighted by molar-refractivity contribution is 6.00. The highest BCUT2D eigenvalue weighted by atomic mass is 16.5. The maximum absolute atomic E-state index is 14.4. The number of nitrogens with zero attached hydrogens (tertiary/aromatic N) is 9. The number of para-hydroxylation sites is 2. The number of benzene rings is 4. The minimum absolute atomic E-state index is 0.0341. The quantitative estimate of drug-likeness (QED) is 0.0640. The molecule has 6 aromatic heterocycles. The van der Waals surface area contributed by atoms with E-state index in [1.165, 1.54) is 6.20 Å². The maximum atomic E-state index is 14.4. The van der Waals surface area contributed by atoms with Gasteiger partial charge in [0.2, 0.25) is 23.7 Å². The van der Waals surface area contributed by atoms with Gasteiger partial charge in [-0.25, -0.2) is 24.7 Å². The number of nitrogens with two attached hydrogens (primary N) is 2. The molecule has 1 amide bonds. The van der Waals surface area contributed by atoms with Crippen LogP contribution in [0.1, 0.15) is 65.0 Å². The Kier molecular flexibility index (Phi) is 15.6. The summed E-state index contributed by atoms with van der Waals surface area (Å²) >= 11 is 0. The first-order valence-electron chi connectivity index (χ1n) is 24.9. The van der Waals surface area contributed by atoms with Gasteiger partial charge in [0.1, 0.15) is 22.8 Å². The summed E-state index contributed by atoms with van der Waals surface area (Å²) in [5.74, 6) is -0.221. The van der Waals surface area contributed by atoms with Gasteiger partial charge in [-0.05, 0) is 102 Å². The van der Waals surface area contributed by atoms with E-state index < -0.39 is 18.1 Å². The predicted octanol–water partition coefficient (Wildman–Crippen LogP) is 9.00. The normalized spacial score (nSPS) is 11.7. The van der Waals surface area contributed by atoms with E-state index in [1.807, 2.05) is 148 Å². The highest BCUT2D eigenvalue weighted by Gasteiger charge is 2.25. The van der Waals surface area contributed by atoms with Crippen molar-refractivity contribution in [2.24, 2.45) is 0 Å². The van der Waals surface area contributed by atoms with Gasteiger partial charge in [0.05, 0.1) is 37.1 Å². The zero-order valence-corrected chi connectivity index (χ0v) is 43.9. The molecule has 0 radical (unpaired) electrons. The first-order chi connectivity index (χ1) is 38.2. The molecule has 4 aromatic carbocycles. The lowest BCUT2D eigenvalue weighted by atomic mass is 9.98. The lowest BCUT2D eigenvalue weighted by Gasteiger charge is -2.23. The van der Waals surface area contributed by atoms with Crippen molar-refractivity contribution in [1.29, 1.82) is 0 Å². The van der Waals surface area contributed by atoms with E-state index in [2.05, 4.69) is 40.5 Å². The summed E-state index contributed by atoms with van der Waals surface area (Å²) in [4.78, 5) is 79.6. The largest absolute Gasteiger partial charge is 0.481 e. The predicted molar refractivity (Wildman–Crippen MR) is 305 cm³/mol. The molecule has 10 rings (SSSR count). The first kappa shape index (κ1) is 53.3. The zero-order valence-electron chi connectivity index (χ0n) is 43.9. The molecule has 10 aromatic rings. The molecule has 2 atom stereocenters. The van der Waals surface area contributed by atoms with E-state index >= 15 is 0 Å². The van der Waals surface area contributed by atoms with Crippen molar-refractivity contribution in [3.8, 4) is 45.4 Å². The SMILES string of the molecule is CCN(C)C(=O)c1cnc(N)nc1N[C@@H](C)c1cc2cccc(-c3ccnc(OC)c3)c2c(=O)n1-c1ccccc1.COc1cc(-c2cccc3cc([C@H](C)Nc4nc(N)ncc4C(=O)O)n(-c4ccccc4)c(=O)c23)ccn1. The molecule has 6 heterocycles. The van der Waals surface area contributed by atoms with E-state index in [4.69, 9.17) is 20.9 Å². The van der Waals surface area contributed by atoms with Crippen LogP contribution in [-0.4, -0.2) is 88.7 Å². The lowest BCUT2D eigenvalue weighted by Crippen LogP contribution is -2.29. The number of nitrogens with one attached hydrogen (secondary N) is 2. The van der Waals surface area contributed by atoms with E-state index in [0.29, 0.717) is 63.2 Å². The topological polar surface area (TPSA) is 274 Å². The molecular formula is C59H55N13O7. The lowest BCUT2D eigenvalue weighted by molar-refractivity contribution is 0.0696. The number of rotatable bonds is 15. The van der Waals surface area contributed by atoms with Gasteiger partial charge in [-0.15, -0.1) is 0 Å². The average Bonchev–Trinajstić information content (AvgIpc) is 3.66. The number of aromatic nitrogens is 8. The number of nitrogen functional groups attached to an aromatic ring is 2. The molecular weight excluding hydrogens is 1000 g/mol. The molecule has 20 heteroatoms. The van der Waals surface area contributed by atoms with Crippen molar-refractivity contribution < 1.29 is 24.2 Å². The number of amides is 1. The second kappa shape index (κ2) is 23.2. The molecule has 0 fully saturated rings. The fourth-order valence-electron chi connectivity index (χ4n) is 9.18. The number of methoxy groups -OCH3 is 2. The van der Waals surface area contributed by atoms with E-state index in [0.717, 1.165) is 39.2 Å². The highest BCUT2D eigenvalue weighted by Crippen LogP contribution is 2.34. The monoisotopic (exact) mass is 1060 g/mol. The van der Waals surface area contributed by atoms with E-state index in [1.54, 1.807) is 53.8 Å². The second-order valence-electron chi connectivity index (χ2n) is 18.1. The Labute approximate surface area is 453 Å². The van der Waals surface area contributed by atoms with Gasteiger partial charge < -0.3 is 41.6 Å². The van der Waals surface area contributed by atoms with Gasteiger partial charge in [0, 0.05) is 73.3 Å². The van der Waals surface area contributed by atoms with Crippen LogP contribution in [0.3, 0.4) is 0 Å². The average molecular weight is 1060 g/mol. The molecule has 0 bridgehead atoms. The zero-order chi connectivity index (χ0) is 55.9. The van der Waals surface area contributed by atoms with E-state index in [9.17, 15) is 24.3 Å². The van der Waals surface area contributed by atoms with Crippen LogP contribution in [0.25, 0.3) is 55.2 Å². The molecule has 0 spiro atoms. The van der Waals surface area contributed by atoms with Crippen molar-refractivity contribution in [2.45, 2.75) is 32.9 Å². The summed E-state index contributed by atoms with van der Waals surface area (Å²) in [7, 11) is 4.81. The Balaban J connectivity index is 0.000000192. The van der Waals surface area contributed by atoms with Crippen molar-refractivity contribution >= 4 is 57.0 Å². The third kappa shape index (κ3) is 11.1. The van der Waals surface area contributed by atoms with Gasteiger partial charge in [-0.1, -0.05) is 72.8 Å². The smallest absolute Gasteiger partial charge is 0.341 e. The Morgan fingerprint density at radius 2 is 1.04 bits per heavy atom. The molecule has 0 unspecified atom stereocenters. The van der Waals surface area contributed by atoms with Crippen molar-refractivity contribution in [3.05, 3.63) is 201 Å². The molecule has 0 saturated carbocycles. The van der Waals surface area contributed by atoms with Crippen LogP contribution in [0.4, 0.5) is 23.5 Å². The van der Waals surface area contributed by atoms with Gasteiger partial charge in [-0.3, -0.25) is 23.5 Å². The van der Waals surface area contributed by atoms with Crippen LogP contribution in [0.15, 0.2) is 168 Å². The number of aromatic carboxylic acids is 1. The number of hydrogen-bond acceptors (Lipinski definition) is 16. The van der Waals surface area contributed by atoms with Crippen LogP contribution in [-0.2, 0) is 0 Å². The molecule has 398 valence electrons. The Bertz CT molecular complexity index is 4030. The summed E-state index contributed by atoms with van der Waals surface area (Å²) in [6, 6.07) is 40.2. The number of fused-ring (bicyclic) bond motifs is 2. The Hall–Kier alpha value is -10.5. The van der Waals surface area contributed by atoms with Crippen LogP contribution < -0.4 is 42.7 Å². The Morgan fingerprint density at radius 3 is 1.46 bits per heavy atom. The summed E-state index contributed by atoms with van der Waals surface area (Å²) in [6.07, 6.45) is 5.87. The van der Waals surface area contributed by atoms with E-state index in [-0.39, 0.29) is 40.3 Å². The summed E-state index contributed by atoms with van der Waals surface area (Å²) in [5.41, 5.74) is 17.1. The second-order valence-corrected chi connectivity index (χ2v) is 18.1. The van der Waals surface area contributed by atoms with Gasteiger partial charge >= 0.3 is 5.97 Å².